The number of carbonyl (C=O) groups excluding carboxylic acids is 3. The molecule has 1 aromatic heterocycles. The van der Waals surface area contributed by atoms with Gasteiger partial charge in [-0.15, -0.1) is 11.3 Å². The van der Waals surface area contributed by atoms with Crippen LogP contribution in [0.15, 0.2) is 35.7 Å². The number of hydrogen-bond acceptors (Lipinski definition) is 5. The van der Waals surface area contributed by atoms with Crippen LogP contribution in [0.1, 0.15) is 19.3 Å². The second-order valence-electron chi connectivity index (χ2n) is 6.95. The van der Waals surface area contributed by atoms with Crippen LogP contribution in [0.2, 0.25) is 0 Å². The lowest BCUT2D eigenvalue weighted by molar-refractivity contribution is -0.140. The molecule has 4 rings (SSSR count). The van der Waals surface area contributed by atoms with Gasteiger partial charge in [0.15, 0.2) is 16.8 Å². The maximum Gasteiger partial charge on any atom is 0.233 e. The Kier molecular flexibility index (Phi) is 5.23. The number of allylic oxidation sites excluding steroid dienone is 2. The Hall–Kier alpha value is -2.94. The van der Waals surface area contributed by atoms with E-state index < -0.39 is 11.6 Å². The standard InChI is InChI=1S/C20H17F2N3O3S/c21-14-6-5-11(9-15(14)22)16-10-29-20(23-16)24-17(26)7-8-25-18(27)12-3-1-2-4-13(12)19(25)28/h1-2,5-6,9-10,12-13H,3-4,7-8H2,(H,23,24,26)/t12-,13-/m1/s1. The molecule has 9 heteroatoms. The first-order chi connectivity index (χ1) is 13.9. The van der Waals surface area contributed by atoms with Crippen LogP contribution >= 0.6 is 11.3 Å². The molecule has 1 N–H and O–H groups in total. The Bertz CT molecular complexity index is 994. The number of imide groups is 1. The molecule has 2 aliphatic rings. The van der Waals surface area contributed by atoms with E-state index in [2.05, 4.69) is 10.3 Å². The fourth-order valence-corrected chi connectivity index (χ4v) is 4.34. The first kappa shape index (κ1) is 19.4. The molecule has 0 saturated carbocycles. The Balaban J connectivity index is 1.35. The van der Waals surface area contributed by atoms with Crippen molar-refractivity contribution in [1.29, 1.82) is 0 Å². The minimum atomic E-state index is -0.975. The second kappa shape index (κ2) is 7.82. The van der Waals surface area contributed by atoms with Crippen molar-refractivity contribution in [2.24, 2.45) is 11.8 Å². The molecule has 1 saturated heterocycles. The number of likely N-dealkylation sites (tertiary alicyclic amines) is 1. The molecule has 1 aromatic carbocycles. The third-order valence-corrected chi connectivity index (χ3v) is 5.88. The largest absolute Gasteiger partial charge is 0.302 e. The second-order valence-corrected chi connectivity index (χ2v) is 7.81. The summed E-state index contributed by atoms with van der Waals surface area (Å²) in [4.78, 5) is 42.4. The first-order valence-electron chi connectivity index (χ1n) is 9.15. The summed E-state index contributed by atoms with van der Waals surface area (Å²) in [5, 5.41) is 4.53. The van der Waals surface area contributed by atoms with Gasteiger partial charge in [-0.2, -0.15) is 0 Å². The summed E-state index contributed by atoms with van der Waals surface area (Å²) in [6.07, 6.45) is 4.91. The highest BCUT2D eigenvalue weighted by Gasteiger charge is 2.46. The van der Waals surface area contributed by atoms with E-state index in [4.69, 9.17) is 0 Å². The van der Waals surface area contributed by atoms with Crippen LogP contribution in [0.3, 0.4) is 0 Å². The smallest absolute Gasteiger partial charge is 0.233 e. The molecule has 2 heterocycles. The summed E-state index contributed by atoms with van der Waals surface area (Å²) < 4.78 is 26.4. The Morgan fingerprint density at radius 1 is 1.14 bits per heavy atom. The van der Waals surface area contributed by atoms with Gasteiger partial charge in [-0.25, -0.2) is 13.8 Å². The number of fused-ring (bicyclic) bond motifs is 1. The molecular weight excluding hydrogens is 400 g/mol. The van der Waals surface area contributed by atoms with Gasteiger partial charge in [-0.05, 0) is 31.0 Å². The summed E-state index contributed by atoms with van der Waals surface area (Å²) in [6.45, 7) is 0.0257. The fourth-order valence-electron chi connectivity index (χ4n) is 3.60. The number of benzene rings is 1. The normalized spacial score (nSPS) is 20.8. The Morgan fingerprint density at radius 3 is 2.48 bits per heavy atom. The van der Waals surface area contributed by atoms with E-state index in [1.807, 2.05) is 12.2 Å². The number of hydrogen-bond donors (Lipinski definition) is 1. The molecule has 29 heavy (non-hydrogen) atoms. The molecule has 150 valence electrons. The van der Waals surface area contributed by atoms with Gasteiger partial charge in [0, 0.05) is 23.9 Å². The molecule has 0 unspecified atom stereocenters. The zero-order valence-electron chi connectivity index (χ0n) is 15.2. The highest BCUT2D eigenvalue weighted by Crippen LogP contribution is 2.35. The first-order valence-corrected chi connectivity index (χ1v) is 10.0. The Labute approximate surface area is 169 Å². The molecular formula is C20H17F2N3O3S. The van der Waals surface area contributed by atoms with Crippen LogP contribution in [0, 0.1) is 23.5 Å². The minimum absolute atomic E-state index is 0.0257. The number of aromatic nitrogens is 1. The zero-order chi connectivity index (χ0) is 20.5. The number of nitrogens with one attached hydrogen (secondary N) is 1. The molecule has 0 radical (unpaired) electrons. The molecule has 1 fully saturated rings. The van der Waals surface area contributed by atoms with Crippen molar-refractivity contribution in [3.05, 3.63) is 47.4 Å². The van der Waals surface area contributed by atoms with Crippen molar-refractivity contribution in [1.82, 2.24) is 9.88 Å². The van der Waals surface area contributed by atoms with Crippen molar-refractivity contribution in [3.63, 3.8) is 0 Å². The quantitative estimate of drug-likeness (QED) is 0.598. The summed E-state index contributed by atoms with van der Waals surface area (Å²) in [6, 6.07) is 3.45. The molecule has 0 bridgehead atoms. The maximum atomic E-state index is 13.4. The number of carbonyl (C=O) groups is 3. The Morgan fingerprint density at radius 2 is 1.83 bits per heavy atom. The van der Waals surface area contributed by atoms with Gasteiger partial charge in [-0.3, -0.25) is 19.3 Å². The third-order valence-electron chi connectivity index (χ3n) is 5.13. The number of amides is 3. The molecule has 2 atom stereocenters. The number of anilines is 1. The van der Waals surface area contributed by atoms with Crippen LogP contribution in [0.4, 0.5) is 13.9 Å². The van der Waals surface area contributed by atoms with Gasteiger partial charge in [0.2, 0.25) is 17.7 Å². The van der Waals surface area contributed by atoms with Crippen molar-refractivity contribution < 1.29 is 23.2 Å². The van der Waals surface area contributed by atoms with E-state index in [9.17, 15) is 23.2 Å². The van der Waals surface area contributed by atoms with Crippen LogP contribution in [-0.4, -0.2) is 34.2 Å². The maximum absolute atomic E-state index is 13.4. The van der Waals surface area contributed by atoms with E-state index in [0.29, 0.717) is 29.2 Å². The predicted octanol–water partition coefficient (Wildman–Crippen LogP) is 3.37. The molecule has 6 nitrogen and oxygen atoms in total. The SMILES string of the molecule is O=C(CCN1C(=O)[C@@H]2CC=CC[C@H]2C1=O)Nc1nc(-c2ccc(F)c(F)c2)cs1. The number of halogens is 2. The van der Waals surface area contributed by atoms with Crippen molar-refractivity contribution in [2.45, 2.75) is 19.3 Å². The number of nitrogens with zero attached hydrogens (tertiary/aromatic N) is 2. The monoisotopic (exact) mass is 417 g/mol. The summed E-state index contributed by atoms with van der Waals surface area (Å²) >= 11 is 1.14. The van der Waals surface area contributed by atoms with Crippen LogP contribution in [0.5, 0.6) is 0 Å². The van der Waals surface area contributed by atoms with E-state index in [1.54, 1.807) is 5.38 Å². The third kappa shape index (κ3) is 3.82. The van der Waals surface area contributed by atoms with Crippen molar-refractivity contribution >= 4 is 34.2 Å². The van der Waals surface area contributed by atoms with E-state index in [-0.39, 0.29) is 42.5 Å². The number of rotatable bonds is 5. The van der Waals surface area contributed by atoms with E-state index >= 15 is 0 Å². The fraction of sp³-hybridized carbons (Fsp3) is 0.300. The molecule has 2 aromatic rings. The van der Waals surface area contributed by atoms with Gasteiger partial charge in [-0.1, -0.05) is 12.2 Å². The van der Waals surface area contributed by atoms with Crippen LogP contribution in [0.25, 0.3) is 11.3 Å². The highest BCUT2D eigenvalue weighted by atomic mass is 32.1. The average molecular weight is 417 g/mol. The van der Waals surface area contributed by atoms with Crippen LogP contribution in [-0.2, 0) is 14.4 Å². The minimum Gasteiger partial charge on any atom is -0.302 e. The van der Waals surface area contributed by atoms with Gasteiger partial charge >= 0.3 is 0 Å². The summed E-state index contributed by atoms with van der Waals surface area (Å²) in [5.74, 6) is -3.36. The van der Waals surface area contributed by atoms with Gasteiger partial charge in [0.1, 0.15) is 0 Å². The number of thiazole rings is 1. The van der Waals surface area contributed by atoms with Gasteiger partial charge in [0.05, 0.1) is 17.5 Å². The van der Waals surface area contributed by atoms with Gasteiger partial charge in [0.25, 0.3) is 0 Å². The lowest BCUT2D eigenvalue weighted by Crippen LogP contribution is -2.34. The molecule has 1 aliphatic carbocycles. The van der Waals surface area contributed by atoms with E-state index in [0.717, 1.165) is 23.5 Å². The zero-order valence-corrected chi connectivity index (χ0v) is 16.0. The predicted molar refractivity (Wildman–Crippen MR) is 103 cm³/mol. The average Bonchev–Trinajstić information content (AvgIpc) is 3.26. The lowest BCUT2D eigenvalue weighted by Gasteiger charge is -2.14. The van der Waals surface area contributed by atoms with Crippen molar-refractivity contribution in [2.75, 3.05) is 11.9 Å². The van der Waals surface area contributed by atoms with Crippen molar-refractivity contribution in [3.8, 4) is 11.3 Å². The topological polar surface area (TPSA) is 79.4 Å². The van der Waals surface area contributed by atoms with Crippen LogP contribution < -0.4 is 5.32 Å². The van der Waals surface area contributed by atoms with Gasteiger partial charge < -0.3 is 5.32 Å². The van der Waals surface area contributed by atoms with E-state index in [1.165, 1.54) is 11.0 Å². The lowest BCUT2D eigenvalue weighted by atomic mass is 9.85. The molecule has 1 aliphatic heterocycles. The summed E-state index contributed by atoms with van der Waals surface area (Å²) in [5.41, 5.74) is 0.802. The highest BCUT2D eigenvalue weighted by molar-refractivity contribution is 7.14. The molecule has 3 amide bonds. The summed E-state index contributed by atoms with van der Waals surface area (Å²) in [7, 11) is 0. The molecule has 0 spiro atoms.